The maximum Gasteiger partial charge on any atom is 0.0980 e. The van der Waals surface area contributed by atoms with Crippen LogP contribution in [0.3, 0.4) is 0 Å². The fourth-order valence-electron chi connectivity index (χ4n) is 2.26. The van der Waals surface area contributed by atoms with Gasteiger partial charge in [-0.15, -0.1) is 6.58 Å². The predicted octanol–water partition coefficient (Wildman–Crippen LogP) is 4.10. The summed E-state index contributed by atoms with van der Waals surface area (Å²) in [5.41, 5.74) is 2.42. The highest BCUT2D eigenvalue weighted by molar-refractivity contribution is 5.20. The fraction of sp³-hybridized carbons (Fsp3) is 0.529. The number of benzene rings is 1. The smallest absolute Gasteiger partial charge is 0.0980 e. The lowest BCUT2D eigenvalue weighted by atomic mass is 9.96. The van der Waals surface area contributed by atoms with Crippen molar-refractivity contribution >= 4 is 0 Å². The van der Waals surface area contributed by atoms with Crippen molar-refractivity contribution in [2.24, 2.45) is 0 Å². The van der Waals surface area contributed by atoms with Gasteiger partial charge in [0.25, 0.3) is 0 Å². The van der Waals surface area contributed by atoms with Crippen LogP contribution >= 0.6 is 0 Å². The zero-order chi connectivity index (χ0) is 14.1. The van der Waals surface area contributed by atoms with E-state index in [4.69, 9.17) is 4.74 Å². The van der Waals surface area contributed by atoms with Crippen LogP contribution in [-0.4, -0.2) is 19.2 Å². The molecule has 1 aromatic carbocycles. The Hall–Kier alpha value is -1.12. The zero-order valence-electron chi connectivity index (χ0n) is 12.5. The lowest BCUT2D eigenvalue weighted by Gasteiger charge is -2.28. The van der Waals surface area contributed by atoms with Crippen molar-refractivity contribution in [3.8, 4) is 0 Å². The van der Waals surface area contributed by atoms with Crippen molar-refractivity contribution in [3.63, 3.8) is 0 Å². The van der Waals surface area contributed by atoms with Gasteiger partial charge in [-0.1, -0.05) is 42.8 Å². The maximum absolute atomic E-state index is 5.98. The molecule has 0 fully saturated rings. The summed E-state index contributed by atoms with van der Waals surface area (Å²) >= 11 is 0. The predicted molar refractivity (Wildman–Crippen MR) is 82.3 cm³/mol. The van der Waals surface area contributed by atoms with E-state index < -0.39 is 0 Å². The Morgan fingerprint density at radius 3 is 2.47 bits per heavy atom. The number of ether oxygens (including phenoxy) is 1. The average Bonchev–Trinajstić information content (AvgIpc) is 2.41. The van der Waals surface area contributed by atoms with E-state index in [-0.39, 0.29) is 6.10 Å². The maximum atomic E-state index is 5.98. The van der Waals surface area contributed by atoms with Crippen LogP contribution in [0.1, 0.15) is 45.3 Å². The first-order valence-electron chi connectivity index (χ1n) is 7.23. The van der Waals surface area contributed by atoms with Crippen LogP contribution in [0.4, 0.5) is 0 Å². The van der Waals surface area contributed by atoms with Gasteiger partial charge in [0.1, 0.15) is 0 Å². The highest BCUT2D eigenvalue weighted by Crippen LogP contribution is 2.25. The topological polar surface area (TPSA) is 21.3 Å². The lowest BCUT2D eigenvalue weighted by molar-refractivity contribution is 0.0333. The van der Waals surface area contributed by atoms with Crippen molar-refractivity contribution in [1.82, 2.24) is 5.32 Å². The van der Waals surface area contributed by atoms with Crippen LogP contribution in [0.15, 0.2) is 42.5 Å². The van der Waals surface area contributed by atoms with Crippen LogP contribution in [-0.2, 0) is 4.74 Å². The minimum atomic E-state index is 0.0921. The van der Waals surface area contributed by atoms with E-state index in [1.807, 2.05) is 13.0 Å². The van der Waals surface area contributed by atoms with Crippen LogP contribution in [0.5, 0.6) is 0 Å². The summed E-state index contributed by atoms with van der Waals surface area (Å²) in [5, 5.41) is 3.60. The molecule has 2 atom stereocenters. The van der Waals surface area contributed by atoms with Crippen molar-refractivity contribution < 1.29 is 4.74 Å². The molecule has 0 heterocycles. The van der Waals surface area contributed by atoms with E-state index in [9.17, 15) is 0 Å². The van der Waals surface area contributed by atoms with Gasteiger partial charge < -0.3 is 10.1 Å². The molecule has 0 amide bonds. The molecule has 1 N–H and O–H groups in total. The molecular formula is C17H27NO. The Bertz CT molecular complexity index is 361. The van der Waals surface area contributed by atoms with E-state index in [0.29, 0.717) is 6.04 Å². The monoisotopic (exact) mass is 261 g/mol. The van der Waals surface area contributed by atoms with Crippen LogP contribution < -0.4 is 5.32 Å². The molecule has 0 bridgehead atoms. The zero-order valence-corrected chi connectivity index (χ0v) is 12.5. The molecule has 2 nitrogen and oxygen atoms in total. The Morgan fingerprint density at radius 1 is 1.26 bits per heavy atom. The van der Waals surface area contributed by atoms with E-state index in [1.165, 1.54) is 11.1 Å². The van der Waals surface area contributed by atoms with Crippen LogP contribution in [0, 0.1) is 0 Å². The van der Waals surface area contributed by atoms with E-state index in [0.717, 1.165) is 26.0 Å². The third-order valence-electron chi connectivity index (χ3n) is 3.06. The normalized spacial score (nSPS) is 14.1. The molecule has 0 aliphatic rings. The third kappa shape index (κ3) is 5.58. The number of nitrogens with one attached hydrogen (secondary N) is 1. The molecule has 0 spiro atoms. The molecule has 0 radical (unpaired) electrons. The molecule has 2 heteroatoms. The third-order valence-corrected chi connectivity index (χ3v) is 3.06. The SMILES string of the molecule is C=C(C)CC(NCCC)C(OCC)c1ccccc1. The largest absolute Gasteiger partial charge is 0.372 e. The van der Waals surface area contributed by atoms with Gasteiger partial charge in [-0.3, -0.25) is 0 Å². The summed E-state index contributed by atoms with van der Waals surface area (Å²) in [6, 6.07) is 10.7. The summed E-state index contributed by atoms with van der Waals surface area (Å²) in [4.78, 5) is 0. The second-order valence-corrected chi connectivity index (χ2v) is 5.01. The molecule has 1 rings (SSSR count). The highest BCUT2D eigenvalue weighted by atomic mass is 16.5. The standard InChI is InChI=1S/C17H27NO/c1-5-12-18-16(13-14(3)4)17(19-6-2)15-10-8-7-9-11-15/h7-11,16-18H,3,5-6,12-13H2,1-2,4H3. The number of rotatable bonds is 9. The van der Waals surface area contributed by atoms with Gasteiger partial charge in [-0.2, -0.15) is 0 Å². The molecule has 1 aromatic rings. The summed E-state index contributed by atoms with van der Waals surface area (Å²) in [6.07, 6.45) is 2.16. The first-order valence-corrected chi connectivity index (χ1v) is 7.23. The van der Waals surface area contributed by atoms with Crippen LogP contribution in [0.2, 0.25) is 0 Å². The number of hydrogen-bond acceptors (Lipinski definition) is 2. The van der Waals surface area contributed by atoms with Crippen molar-refractivity contribution in [3.05, 3.63) is 48.0 Å². The number of hydrogen-bond donors (Lipinski definition) is 1. The van der Waals surface area contributed by atoms with Gasteiger partial charge in [0, 0.05) is 12.6 Å². The van der Waals surface area contributed by atoms with E-state index in [2.05, 4.69) is 50.0 Å². The van der Waals surface area contributed by atoms with Gasteiger partial charge in [0.05, 0.1) is 6.10 Å². The second-order valence-electron chi connectivity index (χ2n) is 5.01. The Morgan fingerprint density at radius 2 is 1.95 bits per heavy atom. The molecule has 0 aliphatic heterocycles. The molecule has 0 saturated carbocycles. The van der Waals surface area contributed by atoms with E-state index >= 15 is 0 Å². The van der Waals surface area contributed by atoms with Gasteiger partial charge in [-0.05, 0) is 38.8 Å². The minimum Gasteiger partial charge on any atom is -0.372 e. The molecular weight excluding hydrogens is 234 g/mol. The first-order chi connectivity index (χ1) is 9.19. The Balaban J connectivity index is 2.87. The van der Waals surface area contributed by atoms with E-state index in [1.54, 1.807) is 0 Å². The molecule has 0 aliphatic carbocycles. The van der Waals surface area contributed by atoms with Crippen molar-refractivity contribution in [2.45, 2.75) is 45.8 Å². The molecule has 106 valence electrons. The van der Waals surface area contributed by atoms with Gasteiger partial charge in [0.2, 0.25) is 0 Å². The summed E-state index contributed by atoms with van der Waals surface area (Å²) < 4.78 is 5.98. The van der Waals surface area contributed by atoms with Crippen molar-refractivity contribution in [1.29, 1.82) is 0 Å². The van der Waals surface area contributed by atoms with Gasteiger partial charge in [-0.25, -0.2) is 0 Å². The molecule has 0 saturated heterocycles. The van der Waals surface area contributed by atoms with Gasteiger partial charge in [0.15, 0.2) is 0 Å². The first kappa shape index (κ1) is 15.9. The minimum absolute atomic E-state index is 0.0921. The molecule has 19 heavy (non-hydrogen) atoms. The summed E-state index contributed by atoms with van der Waals surface area (Å²) in [5.74, 6) is 0. The summed E-state index contributed by atoms with van der Waals surface area (Å²) in [7, 11) is 0. The average molecular weight is 261 g/mol. The van der Waals surface area contributed by atoms with Gasteiger partial charge >= 0.3 is 0 Å². The Labute approximate surface area is 117 Å². The highest BCUT2D eigenvalue weighted by Gasteiger charge is 2.22. The Kier molecular flexibility index (Phi) is 7.46. The lowest BCUT2D eigenvalue weighted by Crippen LogP contribution is -2.37. The molecule has 2 unspecified atom stereocenters. The van der Waals surface area contributed by atoms with Crippen molar-refractivity contribution in [2.75, 3.05) is 13.2 Å². The molecule has 0 aromatic heterocycles. The van der Waals surface area contributed by atoms with Crippen LogP contribution in [0.25, 0.3) is 0 Å². The fourth-order valence-corrected chi connectivity index (χ4v) is 2.26. The summed E-state index contributed by atoms with van der Waals surface area (Å²) in [6.45, 7) is 12.1. The quantitative estimate of drug-likeness (QED) is 0.676. The second kappa shape index (κ2) is 8.89.